The van der Waals surface area contributed by atoms with Crippen LogP contribution >= 0.6 is 0 Å². The molecule has 0 spiro atoms. The summed E-state index contributed by atoms with van der Waals surface area (Å²) in [5.41, 5.74) is 0.264. The van der Waals surface area contributed by atoms with Gasteiger partial charge in [-0.15, -0.1) is 0 Å². The van der Waals surface area contributed by atoms with E-state index in [1.165, 1.54) is 0 Å². The van der Waals surface area contributed by atoms with Crippen molar-refractivity contribution in [3.63, 3.8) is 0 Å². The molecule has 0 fully saturated rings. The highest BCUT2D eigenvalue weighted by Gasteiger charge is 2.25. The van der Waals surface area contributed by atoms with Crippen molar-refractivity contribution in [1.29, 1.82) is 0 Å². The van der Waals surface area contributed by atoms with E-state index in [0.717, 1.165) is 5.69 Å². The third kappa shape index (κ3) is 4.03. The van der Waals surface area contributed by atoms with Gasteiger partial charge in [0.15, 0.2) is 0 Å². The highest BCUT2D eigenvalue weighted by atomic mass is 16.3. The third-order valence-electron chi connectivity index (χ3n) is 3.05. The average molecular weight is 289 g/mol. The van der Waals surface area contributed by atoms with Gasteiger partial charge in [-0.2, -0.15) is 5.10 Å². The van der Waals surface area contributed by atoms with E-state index in [1.54, 1.807) is 37.1 Å². The summed E-state index contributed by atoms with van der Waals surface area (Å²) >= 11 is 0. The molecule has 3 N–H and O–H groups in total. The fourth-order valence-corrected chi connectivity index (χ4v) is 1.83. The Morgan fingerprint density at radius 1 is 1.48 bits per heavy atom. The first kappa shape index (κ1) is 15.0. The predicted molar refractivity (Wildman–Crippen MR) is 78.8 cm³/mol. The lowest BCUT2D eigenvalue weighted by molar-refractivity contribution is 0.0599. The van der Waals surface area contributed by atoms with E-state index in [0.29, 0.717) is 11.4 Å². The van der Waals surface area contributed by atoms with Crippen LogP contribution in [0.1, 0.15) is 18.2 Å². The van der Waals surface area contributed by atoms with E-state index in [-0.39, 0.29) is 6.54 Å². The van der Waals surface area contributed by atoms with Gasteiger partial charge in [0.05, 0.1) is 12.7 Å². The molecule has 0 radical (unpaired) electrons. The van der Waals surface area contributed by atoms with Crippen LogP contribution in [0.4, 0.5) is 10.6 Å². The zero-order valence-electron chi connectivity index (χ0n) is 12.3. The predicted octanol–water partition coefficient (Wildman–Crippen LogP) is 1.15. The van der Waals surface area contributed by atoms with Gasteiger partial charge in [0.2, 0.25) is 0 Å². The van der Waals surface area contributed by atoms with E-state index in [9.17, 15) is 9.90 Å². The zero-order chi connectivity index (χ0) is 15.5. The number of nitrogens with one attached hydrogen (secondary N) is 2. The second kappa shape index (κ2) is 5.92. The molecule has 0 saturated carbocycles. The first-order chi connectivity index (χ1) is 9.87. The second-order valence-corrected chi connectivity index (χ2v) is 5.15. The summed E-state index contributed by atoms with van der Waals surface area (Å²) in [5.74, 6) is 0.466. The molecule has 0 bridgehead atoms. The van der Waals surface area contributed by atoms with E-state index in [4.69, 9.17) is 0 Å². The number of aryl methyl sites for hydroxylation is 2. The van der Waals surface area contributed by atoms with Crippen molar-refractivity contribution >= 4 is 11.8 Å². The minimum atomic E-state index is -1.19. The molecule has 2 heterocycles. The molecule has 2 aromatic heterocycles. The minimum absolute atomic E-state index is 0.0658. The van der Waals surface area contributed by atoms with Crippen LogP contribution in [0.25, 0.3) is 0 Å². The smallest absolute Gasteiger partial charge is 0.320 e. The largest absolute Gasteiger partial charge is 0.383 e. The lowest BCUT2D eigenvalue weighted by Crippen LogP contribution is -2.40. The maximum Gasteiger partial charge on any atom is 0.320 e. The Morgan fingerprint density at radius 2 is 2.24 bits per heavy atom. The normalized spacial score (nSPS) is 13.5. The van der Waals surface area contributed by atoms with E-state index in [1.807, 2.05) is 19.1 Å². The summed E-state index contributed by atoms with van der Waals surface area (Å²) in [6, 6.07) is 4.93. The third-order valence-corrected chi connectivity index (χ3v) is 3.05. The first-order valence-electron chi connectivity index (χ1n) is 6.57. The van der Waals surface area contributed by atoms with Crippen LogP contribution in [0.15, 0.2) is 30.6 Å². The molecule has 7 heteroatoms. The average Bonchev–Trinajstić information content (AvgIpc) is 2.84. The van der Waals surface area contributed by atoms with Crippen molar-refractivity contribution in [2.45, 2.75) is 19.4 Å². The number of anilines is 1. The van der Waals surface area contributed by atoms with Crippen molar-refractivity contribution < 1.29 is 9.90 Å². The summed E-state index contributed by atoms with van der Waals surface area (Å²) in [4.78, 5) is 16.0. The quantitative estimate of drug-likeness (QED) is 0.787. The van der Waals surface area contributed by atoms with Crippen LogP contribution < -0.4 is 10.6 Å². The van der Waals surface area contributed by atoms with Crippen molar-refractivity contribution in [3.05, 3.63) is 41.9 Å². The monoisotopic (exact) mass is 289 g/mol. The first-order valence-corrected chi connectivity index (χ1v) is 6.57. The van der Waals surface area contributed by atoms with Gasteiger partial charge in [-0.05, 0) is 26.0 Å². The van der Waals surface area contributed by atoms with Gasteiger partial charge in [-0.1, -0.05) is 6.07 Å². The highest BCUT2D eigenvalue weighted by Crippen LogP contribution is 2.18. The van der Waals surface area contributed by atoms with Gasteiger partial charge >= 0.3 is 6.03 Å². The van der Waals surface area contributed by atoms with Gasteiger partial charge in [-0.25, -0.2) is 9.78 Å². The molecule has 0 aromatic carbocycles. The molecule has 112 valence electrons. The molecule has 0 aliphatic rings. The molecular formula is C14H19N5O2. The Balaban J connectivity index is 1.91. The molecule has 2 rings (SSSR count). The number of hydrogen-bond acceptors (Lipinski definition) is 4. The molecule has 2 amide bonds. The number of amides is 2. The number of aliphatic hydroxyl groups is 1. The van der Waals surface area contributed by atoms with Crippen LogP contribution in [0.2, 0.25) is 0 Å². The maximum absolute atomic E-state index is 11.8. The van der Waals surface area contributed by atoms with Crippen LogP contribution in [0.3, 0.4) is 0 Å². The van der Waals surface area contributed by atoms with Gasteiger partial charge in [0.25, 0.3) is 0 Å². The Morgan fingerprint density at radius 3 is 2.86 bits per heavy atom. The topological polar surface area (TPSA) is 92.1 Å². The van der Waals surface area contributed by atoms with Crippen LogP contribution in [0.5, 0.6) is 0 Å². The molecule has 2 aromatic rings. The van der Waals surface area contributed by atoms with Gasteiger partial charge in [0, 0.05) is 24.5 Å². The minimum Gasteiger partial charge on any atom is -0.383 e. The lowest BCUT2D eigenvalue weighted by Gasteiger charge is -2.22. The number of pyridine rings is 1. The Hall–Kier alpha value is -2.41. The molecule has 0 aliphatic heterocycles. The lowest BCUT2D eigenvalue weighted by atomic mass is 10.00. The Bertz CT molecular complexity index is 636. The van der Waals surface area contributed by atoms with Crippen molar-refractivity contribution in [2.24, 2.45) is 7.05 Å². The van der Waals surface area contributed by atoms with E-state index >= 15 is 0 Å². The number of nitrogens with zero attached hydrogens (tertiary/aromatic N) is 3. The fourth-order valence-electron chi connectivity index (χ4n) is 1.83. The number of carbonyl (C=O) groups is 1. The molecule has 0 unspecified atom stereocenters. The summed E-state index contributed by atoms with van der Waals surface area (Å²) in [6.45, 7) is 3.53. The molecule has 1 atom stereocenters. The van der Waals surface area contributed by atoms with Crippen molar-refractivity contribution in [3.8, 4) is 0 Å². The second-order valence-electron chi connectivity index (χ2n) is 5.15. The maximum atomic E-state index is 11.8. The number of carbonyl (C=O) groups excluding carboxylic acids is 1. The van der Waals surface area contributed by atoms with Gasteiger partial charge in [0.1, 0.15) is 11.4 Å². The van der Waals surface area contributed by atoms with Crippen LogP contribution in [-0.2, 0) is 12.6 Å². The summed E-state index contributed by atoms with van der Waals surface area (Å²) in [5, 5.41) is 19.6. The fraction of sp³-hybridized carbons (Fsp3) is 0.357. The Labute approximate surface area is 123 Å². The number of urea groups is 1. The van der Waals surface area contributed by atoms with E-state index in [2.05, 4.69) is 20.7 Å². The van der Waals surface area contributed by atoms with Gasteiger partial charge in [-0.3, -0.25) is 10.00 Å². The van der Waals surface area contributed by atoms with Crippen molar-refractivity contribution in [1.82, 2.24) is 20.1 Å². The number of rotatable bonds is 4. The number of aromatic nitrogens is 3. The van der Waals surface area contributed by atoms with E-state index < -0.39 is 11.6 Å². The summed E-state index contributed by atoms with van der Waals surface area (Å²) < 4.78 is 1.60. The van der Waals surface area contributed by atoms with Gasteiger partial charge < -0.3 is 10.4 Å². The molecular weight excluding hydrogens is 270 g/mol. The molecule has 0 aliphatic carbocycles. The number of hydrogen-bond donors (Lipinski definition) is 3. The SMILES string of the molecule is Cc1cccc(NC(=O)NC[C@@](C)(O)c2cnn(C)c2)n1. The molecule has 7 nitrogen and oxygen atoms in total. The van der Waals surface area contributed by atoms with Crippen LogP contribution in [-0.4, -0.2) is 32.4 Å². The molecule has 21 heavy (non-hydrogen) atoms. The zero-order valence-corrected chi connectivity index (χ0v) is 12.3. The van der Waals surface area contributed by atoms with Crippen LogP contribution in [0, 0.1) is 6.92 Å². The highest BCUT2D eigenvalue weighted by molar-refractivity contribution is 5.88. The molecule has 0 saturated heterocycles. The Kier molecular flexibility index (Phi) is 4.23. The summed E-state index contributed by atoms with van der Waals surface area (Å²) in [7, 11) is 1.77. The standard InChI is InChI=1S/C14H19N5O2/c1-10-5-4-6-12(17-10)18-13(20)15-9-14(2,21)11-7-16-19(3)8-11/h4-8,21H,9H2,1-3H3,(H2,15,17,18,20)/t14-/m1/s1. The summed E-state index contributed by atoms with van der Waals surface area (Å²) in [6.07, 6.45) is 3.28. The van der Waals surface area contributed by atoms with Crippen molar-refractivity contribution in [2.75, 3.05) is 11.9 Å².